The van der Waals surface area contributed by atoms with Crippen molar-refractivity contribution in [1.82, 2.24) is 5.32 Å². The quantitative estimate of drug-likeness (QED) is 0.682. The fourth-order valence-electron chi connectivity index (χ4n) is 0.528. The second-order valence-corrected chi connectivity index (χ2v) is 3.01. The smallest absolute Gasteiger partial charge is 0.314 e. The highest BCUT2D eigenvalue weighted by atomic mass is 19.4. The Hall–Kier alpha value is -0.250. The van der Waals surface area contributed by atoms with Gasteiger partial charge in [0.05, 0.1) is 5.92 Å². The van der Waals surface area contributed by atoms with Crippen molar-refractivity contribution in [1.29, 1.82) is 0 Å². The number of halogens is 3. The number of nitrogens with one attached hydrogen (secondary N) is 1. The zero-order chi connectivity index (χ0) is 9.07. The highest BCUT2D eigenvalue weighted by molar-refractivity contribution is 4.66. The normalized spacial score (nSPS) is 15.5. The van der Waals surface area contributed by atoms with E-state index in [4.69, 9.17) is 0 Å². The Balaban J connectivity index is 3.61. The molecule has 0 aromatic rings. The molecule has 0 spiro atoms. The van der Waals surface area contributed by atoms with Gasteiger partial charge in [0, 0.05) is 12.6 Å². The molecule has 68 valence electrons. The third-order valence-electron chi connectivity index (χ3n) is 1.39. The maximum Gasteiger partial charge on any atom is 0.392 e. The molecule has 0 heterocycles. The van der Waals surface area contributed by atoms with Crippen LogP contribution in [0, 0.1) is 5.92 Å². The van der Waals surface area contributed by atoms with Gasteiger partial charge in [-0.05, 0) is 0 Å². The Kier molecular flexibility index (Phi) is 3.86. The molecule has 4 heteroatoms. The van der Waals surface area contributed by atoms with Crippen LogP contribution < -0.4 is 5.32 Å². The Morgan fingerprint density at radius 1 is 1.18 bits per heavy atom. The first-order chi connectivity index (χ1) is 4.84. The van der Waals surface area contributed by atoms with Crippen molar-refractivity contribution in [2.75, 3.05) is 6.54 Å². The van der Waals surface area contributed by atoms with Gasteiger partial charge >= 0.3 is 6.18 Å². The molecule has 0 amide bonds. The maximum atomic E-state index is 11.9. The Labute approximate surface area is 65.0 Å². The minimum Gasteiger partial charge on any atom is -0.314 e. The number of rotatable bonds is 3. The van der Waals surface area contributed by atoms with Crippen molar-refractivity contribution >= 4 is 0 Å². The highest BCUT2D eigenvalue weighted by Gasteiger charge is 2.35. The first-order valence-corrected chi connectivity index (χ1v) is 3.64. The lowest BCUT2D eigenvalue weighted by Gasteiger charge is -2.17. The first kappa shape index (κ1) is 10.8. The van der Waals surface area contributed by atoms with Crippen LogP contribution in [-0.2, 0) is 0 Å². The van der Waals surface area contributed by atoms with Crippen LogP contribution in [0.1, 0.15) is 20.8 Å². The van der Waals surface area contributed by atoms with E-state index in [2.05, 4.69) is 5.32 Å². The summed E-state index contributed by atoms with van der Waals surface area (Å²) in [6.45, 7) is 4.82. The molecule has 1 nitrogen and oxygen atoms in total. The molecule has 0 aliphatic carbocycles. The average Bonchev–Trinajstić information content (AvgIpc) is 1.80. The largest absolute Gasteiger partial charge is 0.392 e. The van der Waals surface area contributed by atoms with Gasteiger partial charge in [-0.15, -0.1) is 0 Å². The minimum atomic E-state index is -4.07. The number of hydrogen-bond acceptors (Lipinski definition) is 1. The monoisotopic (exact) mass is 169 g/mol. The van der Waals surface area contributed by atoms with E-state index in [-0.39, 0.29) is 12.6 Å². The molecule has 0 saturated heterocycles. The van der Waals surface area contributed by atoms with Gasteiger partial charge in [0.25, 0.3) is 0 Å². The van der Waals surface area contributed by atoms with Crippen LogP contribution in [0.15, 0.2) is 0 Å². The van der Waals surface area contributed by atoms with Crippen LogP contribution in [-0.4, -0.2) is 18.8 Å². The molecule has 0 aromatic heterocycles. The fraction of sp³-hybridized carbons (Fsp3) is 1.00. The van der Waals surface area contributed by atoms with E-state index >= 15 is 0 Å². The van der Waals surface area contributed by atoms with Crippen molar-refractivity contribution in [2.24, 2.45) is 5.92 Å². The second kappa shape index (κ2) is 3.95. The predicted molar refractivity (Wildman–Crippen MR) is 38.4 cm³/mol. The fourth-order valence-corrected chi connectivity index (χ4v) is 0.528. The molecular formula is C7H14F3N. The first-order valence-electron chi connectivity index (χ1n) is 3.64. The molecule has 0 radical (unpaired) electrons. The van der Waals surface area contributed by atoms with E-state index in [0.717, 1.165) is 0 Å². The molecule has 0 saturated carbocycles. The molecule has 11 heavy (non-hydrogen) atoms. The third kappa shape index (κ3) is 5.07. The molecular weight excluding hydrogens is 155 g/mol. The third-order valence-corrected chi connectivity index (χ3v) is 1.39. The molecule has 1 unspecified atom stereocenters. The zero-order valence-corrected chi connectivity index (χ0v) is 7.00. The van der Waals surface area contributed by atoms with Crippen LogP contribution >= 0.6 is 0 Å². The summed E-state index contributed by atoms with van der Waals surface area (Å²) in [5.41, 5.74) is 0. The number of alkyl halides is 3. The van der Waals surface area contributed by atoms with Crippen LogP contribution in [0.3, 0.4) is 0 Å². The van der Waals surface area contributed by atoms with E-state index < -0.39 is 12.1 Å². The standard InChI is InChI=1S/C7H14F3N/c1-5(2)11-4-6(3)7(8,9)10/h5-6,11H,4H2,1-3H3. The van der Waals surface area contributed by atoms with Crippen molar-refractivity contribution in [2.45, 2.75) is 33.0 Å². The van der Waals surface area contributed by atoms with E-state index in [1.807, 2.05) is 13.8 Å². The van der Waals surface area contributed by atoms with Crippen molar-refractivity contribution in [3.8, 4) is 0 Å². The summed E-state index contributed by atoms with van der Waals surface area (Å²) in [6.07, 6.45) is -4.07. The van der Waals surface area contributed by atoms with E-state index in [1.54, 1.807) is 0 Å². The summed E-state index contributed by atoms with van der Waals surface area (Å²) in [6, 6.07) is 0.111. The number of hydrogen-bond donors (Lipinski definition) is 1. The van der Waals surface area contributed by atoms with Crippen molar-refractivity contribution in [3.63, 3.8) is 0 Å². The molecule has 0 aliphatic heterocycles. The maximum absolute atomic E-state index is 11.9. The van der Waals surface area contributed by atoms with E-state index in [1.165, 1.54) is 6.92 Å². The molecule has 1 atom stereocenters. The Morgan fingerprint density at radius 3 is 1.91 bits per heavy atom. The van der Waals surface area contributed by atoms with E-state index in [0.29, 0.717) is 0 Å². The predicted octanol–water partition coefficient (Wildman–Crippen LogP) is 2.18. The van der Waals surface area contributed by atoms with Gasteiger partial charge in [-0.25, -0.2) is 0 Å². The summed E-state index contributed by atoms with van der Waals surface area (Å²) >= 11 is 0. The average molecular weight is 169 g/mol. The lowest BCUT2D eigenvalue weighted by Crippen LogP contribution is -2.34. The molecule has 0 aromatic carbocycles. The SMILES string of the molecule is CC(C)NCC(C)C(F)(F)F. The summed E-state index contributed by atoms with van der Waals surface area (Å²) in [7, 11) is 0. The lowest BCUT2D eigenvalue weighted by molar-refractivity contribution is -0.168. The Bertz CT molecular complexity index is 109. The molecule has 0 rings (SSSR count). The molecule has 0 fully saturated rings. The van der Waals surface area contributed by atoms with Crippen molar-refractivity contribution < 1.29 is 13.2 Å². The second-order valence-electron chi connectivity index (χ2n) is 3.01. The topological polar surface area (TPSA) is 12.0 Å². The van der Waals surface area contributed by atoms with Gasteiger partial charge in [0.2, 0.25) is 0 Å². The van der Waals surface area contributed by atoms with Gasteiger partial charge in [0.15, 0.2) is 0 Å². The van der Waals surface area contributed by atoms with E-state index in [9.17, 15) is 13.2 Å². The summed E-state index contributed by atoms with van der Waals surface area (Å²) in [4.78, 5) is 0. The van der Waals surface area contributed by atoms with Gasteiger partial charge in [-0.2, -0.15) is 13.2 Å². The summed E-state index contributed by atoms with van der Waals surface area (Å²) in [5, 5.41) is 2.73. The highest BCUT2D eigenvalue weighted by Crippen LogP contribution is 2.24. The Morgan fingerprint density at radius 2 is 1.64 bits per heavy atom. The van der Waals surface area contributed by atoms with Gasteiger partial charge in [0.1, 0.15) is 0 Å². The summed E-state index contributed by atoms with van der Waals surface area (Å²) < 4.78 is 35.6. The lowest BCUT2D eigenvalue weighted by atomic mass is 10.1. The van der Waals surface area contributed by atoms with Crippen molar-refractivity contribution in [3.05, 3.63) is 0 Å². The van der Waals surface area contributed by atoms with Crippen LogP contribution in [0.4, 0.5) is 13.2 Å². The zero-order valence-electron chi connectivity index (χ0n) is 7.00. The van der Waals surface area contributed by atoms with Crippen LogP contribution in [0.25, 0.3) is 0 Å². The van der Waals surface area contributed by atoms with Gasteiger partial charge < -0.3 is 5.32 Å². The summed E-state index contributed by atoms with van der Waals surface area (Å²) in [5.74, 6) is -1.26. The molecule has 1 N–H and O–H groups in total. The van der Waals surface area contributed by atoms with Crippen LogP contribution in [0.5, 0.6) is 0 Å². The minimum absolute atomic E-state index is 0.00116. The van der Waals surface area contributed by atoms with Crippen LogP contribution in [0.2, 0.25) is 0 Å². The van der Waals surface area contributed by atoms with Gasteiger partial charge in [-0.1, -0.05) is 20.8 Å². The molecule has 0 bridgehead atoms. The molecule has 0 aliphatic rings. The van der Waals surface area contributed by atoms with Gasteiger partial charge in [-0.3, -0.25) is 0 Å².